The quantitative estimate of drug-likeness (QED) is 0.183. The van der Waals surface area contributed by atoms with Crippen LogP contribution in [0.25, 0.3) is 0 Å². The number of carbonyl (C=O) groups is 1. The highest BCUT2D eigenvalue weighted by molar-refractivity contribution is 5.90. The Labute approximate surface area is 243 Å². The standard InChI is InChI=1S/C31H45NO9/c1-5-19-35-20-15-32(16-21-36-23-18-33)17-22-39-30(34)31(40-8-4)24-11-9-13-26(37-6-2)28(24)41-29-25(31)12-10-14-27(29)38-7-3/h9-14,33H,5-8,15-23H2,1-4H3. The van der Waals surface area contributed by atoms with Gasteiger partial charge in [0, 0.05) is 44.0 Å². The minimum absolute atomic E-state index is 0.0284. The van der Waals surface area contributed by atoms with Crippen molar-refractivity contribution in [2.45, 2.75) is 39.7 Å². The maximum Gasteiger partial charge on any atom is 0.348 e. The molecule has 228 valence electrons. The predicted molar refractivity (Wildman–Crippen MR) is 154 cm³/mol. The molecule has 1 aliphatic heterocycles. The fourth-order valence-corrected chi connectivity index (χ4v) is 4.74. The Balaban J connectivity index is 1.90. The van der Waals surface area contributed by atoms with E-state index in [4.69, 9.17) is 38.3 Å². The van der Waals surface area contributed by atoms with E-state index in [9.17, 15) is 4.79 Å². The number of carbonyl (C=O) groups excluding carboxylic acids is 1. The SMILES string of the molecule is CCCOCCN(CCOCCO)CCOC(=O)C1(OCC)c2cccc(OCC)c2Oc2c(OCC)cccc21. The number of hydrogen-bond donors (Lipinski definition) is 1. The van der Waals surface area contributed by atoms with E-state index in [-0.39, 0.29) is 26.4 Å². The van der Waals surface area contributed by atoms with Gasteiger partial charge in [-0.3, -0.25) is 4.90 Å². The van der Waals surface area contributed by atoms with Crippen molar-refractivity contribution in [3.05, 3.63) is 47.5 Å². The molecule has 0 saturated carbocycles. The van der Waals surface area contributed by atoms with Crippen LogP contribution < -0.4 is 14.2 Å². The third-order valence-electron chi connectivity index (χ3n) is 6.50. The van der Waals surface area contributed by atoms with Crippen molar-refractivity contribution in [2.24, 2.45) is 0 Å². The summed E-state index contributed by atoms with van der Waals surface area (Å²) in [7, 11) is 0. The molecule has 41 heavy (non-hydrogen) atoms. The Bertz CT molecular complexity index is 1010. The Kier molecular flexibility index (Phi) is 13.6. The molecular formula is C31H45NO9. The van der Waals surface area contributed by atoms with Crippen LogP contribution in [-0.4, -0.2) is 95.1 Å². The zero-order valence-corrected chi connectivity index (χ0v) is 24.8. The first-order chi connectivity index (χ1) is 20.1. The molecule has 0 unspecified atom stereocenters. The van der Waals surface area contributed by atoms with Gasteiger partial charge in [0.25, 0.3) is 0 Å². The topological polar surface area (TPSA) is 105 Å². The molecule has 10 heteroatoms. The maximum atomic E-state index is 14.2. The Morgan fingerprint density at radius 2 is 1.34 bits per heavy atom. The monoisotopic (exact) mass is 575 g/mol. The van der Waals surface area contributed by atoms with Gasteiger partial charge in [0.2, 0.25) is 5.60 Å². The second-order valence-corrected chi connectivity index (χ2v) is 9.27. The van der Waals surface area contributed by atoms with Crippen molar-refractivity contribution in [1.82, 2.24) is 4.90 Å². The number of ether oxygens (including phenoxy) is 7. The van der Waals surface area contributed by atoms with Gasteiger partial charge in [-0.2, -0.15) is 0 Å². The molecule has 1 aliphatic rings. The number of rotatable bonds is 20. The van der Waals surface area contributed by atoms with Crippen LogP contribution in [0.3, 0.4) is 0 Å². The van der Waals surface area contributed by atoms with Gasteiger partial charge >= 0.3 is 5.97 Å². The highest BCUT2D eigenvalue weighted by Gasteiger charge is 2.52. The summed E-state index contributed by atoms with van der Waals surface area (Å²) in [6.07, 6.45) is 0.944. The molecule has 3 rings (SSSR count). The second-order valence-electron chi connectivity index (χ2n) is 9.27. The molecule has 2 aromatic rings. The molecule has 0 aliphatic carbocycles. The van der Waals surface area contributed by atoms with Gasteiger partial charge < -0.3 is 38.3 Å². The number of aliphatic hydroxyl groups excluding tert-OH is 1. The van der Waals surface area contributed by atoms with Gasteiger partial charge in [0.1, 0.15) is 6.61 Å². The summed E-state index contributed by atoms with van der Waals surface area (Å²) in [6, 6.07) is 10.8. The number of fused-ring (bicyclic) bond motifs is 2. The number of hydrogen-bond acceptors (Lipinski definition) is 10. The highest BCUT2D eigenvalue weighted by atomic mass is 16.6. The summed E-state index contributed by atoms with van der Waals surface area (Å²) in [5, 5.41) is 9.01. The first kappa shape index (κ1) is 32.6. The summed E-state index contributed by atoms with van der Waals surface area (Å²) >= 11 is 0. The third-order valence-corrected chi connectivity index (χ3v) is 6.50. The van der Waals surface area contributed by atoms with Gasteiger partial charge in [-0.05, 0) is 39.3 Å². The number of para-hydroxylation sites is 2. The van der Waals surface area contributed by atoms with Crippen LogP contribution >= 0.6 is 0 Å². The minimum atomic E-state index is -1.59. The molecule has 10 nitrogen and oxygen atoms in total. The van der Waals surface area contributed by atoms with Crippen LogP contribution in [0, 0.1) is 0 Å². The average molecular weight is 576 g/mol. The zero-order valence-electron chi connectivity index (χ0n) is 24.8. The van der Waals surface area contributed by atoms with Crippen LogP contribution in [-0.2, 0) is 29.3 Å². The highest BCUT2D eigenvalue weighted by Crippen LogP contribution is 2.55. The molecule has 0 bridgehead atoms. The molecule has 1 N–H and O–H groups in total. The molecule has 0 saturated heterocycles. The van der Waals surface area contributed by atoms with Crippen molar-refractivity contribution in [3.63, 3.8) is 0 Å². The molecule has 2 aromatic carbocycles. The normalized spacial score (nSPS) is 13.3. The summed E-state index contributed by atoms with van der Waals surface area (Å²) in [5.41, 5.74) is -0.561. The molecule has 0 fully saturated rings. The van der Waals surface area contributed by atoms with Crippen molar-refractivity contribution in [1.29, 1.82) is 0 Å². The summed E-state index contributed by atoms with van der Waals surface area (Å²) < 4.78 is 41.6. The third kappa shape index (κ3) is 8.11. The van der Waals surface area contributed by atoms with Gasteiger partial charge in [-0.25, -0.2) is 4.79 Å². The lowest BCUT2D eigenvalue weighted by molar-refractivity contribution is -0.169. The predicted octanol–water partition coefficient (Wildman–Crippen LogP) is 4.15. The lowest BCUT2D eigenvalue weighted by Crippen LogP contribution is -2.44. The zero-order chi connectivity index (χ0) is 29.5. The number of nitrogens with zero attached hydrogens (tertiary/aromatic N) is 1. The van der Waals surface area contributed by atoms with E-state index in [0.29, 0.717) is 86.8 Å². The molecule has 0 aromatic heterocycles. The van der Waals surface area contributed by atoms with Gasteiger partial charge in [0.15, 0.2) is 23.0 Å². The van der Waals surface area contributed by atoms with E-state index in [2.05, 4.69) is 11.8 Å². The number of esters is 1. The fourth-order valence-electron chi connectivity index (χ4n) is 4.74. The molecule has 0 spiro atoms. The Morgan fingerprint density at radius 3 is 1.85 bits per heavy atom. The summed E-state index contributed by atoms with van der Waals surface area (Å²) in [5.74, 6) is 1.25. The average Bonchev–Trinajstić information content (AvgIpc) is 2.98. The van der Waals surface area contributed by atoms with Crippen molar-refractivity contribution >= 4 is 5.97 Å². The lowest BCUT2D eigenvalue weighted by atomic mass is 9.82. The smallest absolute Gasteiger partial charge is 0.348 e. The first-order valence-corrected chi connectivity index (χ1v) is 14.6. The number of benzene rings is 2. The Hall–Kier alpha value is -2.89. The van der Waals surface area contributed by atoms with Crippen LogP contribution in [0.15, 0.2) is 36.4 Å². The molecule has 1 heterocycles. The van der Waals surface area contributed by atoms with Crippen molar-refractivity contribution < 1.29 is 43.1 Å². The van der Waals surface area contributed by atoms with Crippen LogP contribution in [0.2, 0.25) is 0 Å². The maximum absolute atomic E-state index is 14.2. The fraction of sp³-hybridized carbons (Fsp3) is 0.581. The minimum Gasteiger partial charge on any atom is -0.490 e. The van der Waals surface area contributed by atoms with Crippen molar-refractivity contribution in [3.8, 4) is 23.0 Å². The molecular weight excluding hydrogens is 530 g/mol. The van der Waals surface area contributed by atoms with Crippen LogP contribution in [0.5, 0.6) is 23.0 Å². The van der Waals surface area contributed by atoms with Gasteiger partial charge in [-0.15, -0.1) is 0 Å². The first-order valence-electron chi connectivity index (χ1n) is 14.6. The molecule has 0 amide bonds. The molecule has 0 radical (unpaired) electrons. The largest absolute Gasteiger partial charge is 0.490 e. The van der Waals surface area contributed by atoms with E-state index in [1.54, 1.807) is 24.3 Å². The van der Waals surface area contributed by atoms with E-state index < -0.39 is 11.6 Å². The lowest BCUT2D eigenvalue weighted by Gasteiger charge is -2.38. The Morgan fingerprint density at radius 1 is 0.780 bits per heavy atom. The van der Waals surface area contributed by atoms with Gasteiger partial charge in [0.05, 0.1) is 39.6 Å². The van der Waals surface area contributed by atoms with Crippen molar-refractivity contribution in [2.75, 3.05) is 79.1 Å². The number of aliphatic hydroxyl groups is 1. The van der Waals surface area contributed by atoms with Gasteiger partial charge in [-0.1, -0.05) is 31.2 Å². The summed E-state index contributed by atoms with van der Waals surface area (Å²) in [6.45, 7) is 12.6. The summed E-state index contributed by atoms with van der Waals surface area (Å²) in [4.78, 5) is 16.3. The van der Waals surface area contributed by atoms with E-state index in [1.807, 2.05) is 32.9 Å². The van der Waals surface area contributed by atoms with E-state index in [1.165, 1.54) is 0 Å². The van der Waals surface area contributed by atoms with Crippen LogP contribution in [0.1, 0.15) is 45.2 Å². The second kappa shape index (κ2) is 17.2. The van der Waals surface area contributed by atoms with E-state index >= 15 is 0 Å². The molecule has 0 atom stereocenters. The van der Waals surface area contributed by atoms with E-state index in [0.717, 1.165) is 6.42 Å². The van der Waals surface area contributed by atoms with Crippen LogP contribution in [0.4, 0.5) is 0 Å².